The average molecular weight is 775 g/mol. The SMILES string of the molecule is CC[C@@H]1/C=C/C=C\C[C@H](C)[C@@H](O)[C@@H](C)C(=O)[C@H](C)[C@@H](O)[C@H](C)C(=O)[C@H](C)[C@@H](O)[C@H](C)/C=C/C(=O)O[C@H]2[C@@H](C)[C@@H](CC1)O[C@@]1(CC[C@@H](C)[C@@H](C[C@H](C)O)O1)[C@@H]2C. The van der Waals surface area contributed by atoms with E-state index in [0.717, 1.165) is 25.7 Å². The smallest absolute Gasteiger partial charge is 0.330 e. The molecule has 10 heteroatoms. The second kappa shape index (κ2) is 21.0. The van der Waals surface area contributed by atoms with Crippen LogP contribution in [0.5, 0.6) is 0 Å². The van der Waals surface area contributed by atoms with Crippen molar-refractivity contribution < 1.29 is 49.0 Å². The van der Waals surface area contributed by atoms with Crippen LogP contribution in [0.1, 0.15) is 121 Å². The highest BCUT2D eigenvalue weighted by molar-refractivity contribution is 5.87. The second-order valence-electron chi connectivity index (χ2n) is 17.7. The number of hydrogen-bond acceptors (Lipinski definition) is 10. The highest BCUT2D eigenvalue weighted by Gasteiger charge is 2.56. The zero-order valence-electron chi connectivity index (χ0n) is 35.5. The number of aliphatic hydroxyl groups is 4. The molecule has 0 aromatic heterocycles. The van der Waals surface area contributed by atoms with Crippen molar-refractivity contribution in [2.24, 2.45) is 59.2 Å². The Morgan fingerprint density at radius 2 is 1.36 bits per heavy atom. The van der Waals surface area contributed by atoms with E-state index in [1.54, 1.807) is 47.6 Å². The highest BCUT2D eigenvalue weighted by atomic mass is 16.7. The fraction of sp³-hybridized carbons (Fsp3) is 0.800. The van der Waals surface area contributed by atoms with Crippen LogP contribution in [0.25, 0.3) is 0 Å². The van der Waals surface area contributed by atoms with Gasteiger partial charge in [-0.3, -0.25) is 9.59 Å². The second-order valence-corrected chi connectivity index (χ2v) is 17.7. The minimum atomic E-state index is -1.30. The number of aliphatic hydroxyl groups excluding tert-OH is 4. The van der Waals surface area contributed by atoms with Gasteiger partial charge in [0.25, 0.3) is 0 Å². The molecule has 0 aromatic rings. The van der Waals surface area contributed by atoms with Crippen molar-refractivity contribution in [3.8, 4) is 0 Å². The topological polar surface area (TPSA) is 160 Å². The van der Waals surface area contributed by atoms with Crippen molar-refractivity contribution in [2.45, 2.75) is 170 Å². The molecule has 0 aliphatic carbocycles. The van der Waals surface area contributed by atoms with E-state index in [4.69, 9.17) is 14.2 Å². The minimum Gasteiger partial charge on any atom is -0.458 e. The van der Waals surface area contributed by atoms with Gasteiger partial charge in [0, 0.05) is 53.9 Å². The Bertz CT molecular complexity index is 1340. The van der Waals surface area contributed by atoms with Gasteiger partial charge in [-0.25, -0.2) is 4.79 Å². The summed E-state index contributed by atoms with van der Waals surface area (Å²) in [5.74, 6) is -6.53. The lowest BCUT2D eigenvalue weighted by atomic mass is 9.74. The first-order valence-corrected chi connectivity index (χ1v) is 21.1. The number of rotatable bonds is 3. The monoisotopic (exact) mass is 775 g/mol. The summed E-state index contributed by atoms with van der Waals surface area (Å²) in [6.45, 7) is 20.1. The summed E-state index contributed by atoms with van der Waals surface area (Å²) >= 11 is 0. The maximum atomic E-state index is 13.5. The summed E-state index contributed by atoms with van der Waals surface area (Å²) in [5.41, 5.74) is 0. The maximum Gasteiger partial charge on any atom is 0.330 e. The van der Waals surface area contributed by atoms with Crippen LogP contribution in [0.15, 0.2) is 36.5 Å². The first-order valence-electron chi connectivity index (χ1n) is 21.1. The van der Waals surface area contributed by atoms with E-state index >= 15 is 0 Å². The molecule has 2 saturated heterocycles. The Morgan fingerprint density at radius 3 is 1.96 bits per heavy atom. The predicted octanol–water partition coefficient (Wildman–Crippen LogP) is 6.77. The van der Waals surface area contributed by atoms with Crippen molar-refractivity contribution in [2.75, 3.05) is 0 Å². The largest absolute Gasteiger partial charge is 0.458 e. The van der Waals surface area contributed by atoms with Crippen LogP contribution in [0.3, 0.4) is 0 Å². The van der Waals surface area contributed by atoms with Crippen LogP contribution >= 0.6 is 0 Å². The molecule has 314 valence electrons. The molecule has 3 aliphatic rings. The molecule has 2 fully saturated rings. The molecular formula is C45H74O10. The van der Waals surface area contributed by atoms with Gasteiger partial charge in [-0.2, -0.15) is 0 Å². The lowest BCUT2D eigenvalue weighted by molar-refractivity contribution is -0.371. The van der Waals surface area contributed by atoms with Crippen LogP contribution in [0.4, 0.5) is 0 Å². The Labute approximate surface area is 331 Å². The lowest BCUT2D eigenvalue weighted by Crippen LogP contribution is -2.62. The summed E-state index contributed by atoms with van der Waals surface area (Å²) < 4.78 is 20.0. The van der Waals surface area contributed by atoms with Gasteiger partial charge in [0.1, 0.15) is 17.7 Å². The molecule has 3 rings (SSSR count). The molecular weight excluding hydrogens is 700 g/mol. The van der Waals surface area contributed by atoms with Gasteiger partial charge in [-0.15, -0.1) is 0 Å². The maximum absolute atomic E-state index is 13.5. The van der Waals surface area contributed by atoms with E-state index in [9.17, 15) is 34.8 Å². The van der Waals surface area contributed by atoms with Gasteiger partial charge < -0.3 is 34.6 Å². The lowest BCUT2D eigenvalue weighted by Gasteiger charge is -2.55. The minimum absolute atomic E-state index is 0.144. The Balaban J connectivity index is 1.97. The molecule has 3 heterocycles. The quantitative estimate of drug-likeness (QED) is 0.226. The molecule has 10 nitrogen and oxygen atoms in total. The molecule has 3 aliphatic heterocycles. The van der Waals surface area contributed by atoms with E-state index < -0.39 is 77.6 Å². The Kier molecular flexibility index (Phi) is 18.0. The van der Waals surface area contributed by atoms with Gasteiger partial charge in [0.2, 0.25) is 0 Å². The van der Waals surface area contributed by atoms with E-state index in [2.05, 4.69) is 26.8 Å². The molecule has 2 bridgehead atoms. The molecule has 0 saturated carbocycles. The van der Waals surface area contributed by atoms with Gasteiger partial charge >= 0.3 is 5.97 Å². The number of carbonyl (C=O) groups is 3. The molecule has 0 unspecified atom stereocenters. The van der Waals surface area contributed by atoms with Crippen LogP contribution < -0.4 is 0 Å². The van der Waals surface area contributed by atoms with E-state index in [-0.39, 0.29) is 47.6 Å². The number of ether oxygens (including phenoxy) is 3. The molecule has 0 radical (unpaired) electrons. The van der Waals surface area contributed by atoms with Crippen molar-refractivity contribution in [3.63, 3.8) is 0 Å². The number of ketones is 2. The van der Waals surface area contributed by atoms with Crippen LogP contribution in [-0.4, -0.2) is 86.5 Å². The van der Waals surface area contributed by atoms with Gasteiger partial charge in [0.15, 0.2) is 5.79 Å². The van der Waals surface area contributed by atoms with Crippen LogP contribution in [-0.2, 0) is 28.6 Å². The third-order valence-corrected chi connectivity index (χ3v) is 13.4. The number of carbonyl (C=O) groups excluding carboxylic acids is 3. The summed E-state index contributed by atoms with van der Waals surface area (Å²) in [7, 11) is 0. The first-order chi connectivity index (χ1) is 25.8. The highest BCUT2D eigenvalue weighted by Crippen LogP contribution is 2.49. The number of fused-ring (bicyclic) bond motifs is 2. The number of Topliss-reactive ketones (excluding diaryl/α,β-unsaturated/α-hetero) is 2. The van der Waals surface area contributed by atoms with E-state index in [1.807, 2.05) is 32.1 Å². The van der Waals surface area contributed by atoms with Crippen LogP contribution in [0, 0.1) is 59.2 Å². The van der Waals surface area contributed by atoms with Gasteiger partial charge in [-0.05, 0) is 63.2 Å². The van der Waals surface area contributed by atoms with E-state index in [1.165, 1.54) is 6.08 Å². The molecule has 18 atom stereocenters. The molecule has 1 spiro atoms. The zero-order chi connectivity index (χ0) is 41.4. The van der Waals surface area contributed by atoms with Gasteiger partial charge in [0.05, 0.1) is 36.6 Å². The third kappa shape index (κ3) is 11.9. The first kappa shape index (κ1) is 47.2. The molecule has 0 aromatic carbocycles. The van der Waals surface area contributed by atoms with Crippen molar-refractivity contribution in [3.05, 3.63) is 36.5 Å². The summed E-state index contributed by atoms with van der Waals surface area (Å²) in [5, 5.41) is 43.8. The molecule has 0 amide bonds. The average Bonchev–Trinajstić information content (AvgIpc) is 3.16. The Hall–Kier alpha value is -2.21. The van der Waals surface area contributed by atoms with Crippen molar-refractivity contribution >= 4 is 17.5 Å². The molecule has 55 heavy (non-hydrogen) atoms. The summed E-state index contributed by atoms with van der Waals surface area (Å²) in [4.78, 5) is 40.4. The number of hydrogen-bond donors (Lipinski definition) is 4. The summed E-state index contributed by atoms with van der Waals surface area (Å²) in [6, 6.07) is 0. The standard InChI is InChI=1S/C45H74O10/c1-12-35-17-15-13-14-16-26(3)39(48)30(7)41(50)32(9)43(52)33(10)42(51)31(8)40(49)27(4)18-21-38(47)53-44-29(6)36(20-19-35)54-45(34(44)11)23-22-25(2)37(55-45)24-28(5)46/h13-15,17-18,21,25-37,39-40,43-44,46,48-49,52H,12,16,19-20,22-24H2,1-11H3/b14-13-,17-15+,21-18+/t25-,26+,27-,28+,29+,30-,31-,32+,33-,34-,35-,36-,37-,39-,40+,43-,44+,45-/m1/s1. The number of allylic oxidation sites excluding steroid dienone is 4. The summed E-state index contributed by atoms with van der Waals surface area (Å²) in [6.07, 6.45) is 11.1. The van der Waals surface area contributed by atoms with Crippen molar-refractivity contribution in [1.82, 2.24) is 0 Å². The van der Waals surface area contributed by atoms with Crippen LogP contribution in [0.2, 0.25) is 0 Å². The molecule has 4 N–H and O–H groups in total. The third-order valence-electron chi connectivity index (χ3n) is 13.4. The van der Waals surface area contributed by atoms with Crippen molar-refractivity contribution in [1.29, 1.82) is 0 Å². The fourth-order valence-electron chi connectivity index (χ4n) is 8.95. The fourth-order valence-corrected chi connectivity index (χ4v) is 8.95. The zero-order valence-corrected chi connectivity index (χ0v) is 35.5. The van der Waals surface area contributed by atoms with E-state index in [0.29, 0.717) is 19.3 Å². The normalized spacial score (nSPS) is 46.1. The van der Waals surface area contributed by atoms with Gasteiger partial charge in [-0.1, -0.05) is 99.6 Å². The Morgan fingerprint density at radius 1 is 0.764 bits per heavy atom. The predicted molar refractivity (Wildman–Crippen MR) is 213 cm³/mol. The number of esters is 1.